The molecule has 2 aromatic carbocycles. The quantitative estimate of drug-likeness (QED) is 0.378. The number of rotatable bonds is 7. The largest absolute Gasteiger partial charge is 0.507 e. The normalized spacial score (nSPS) is 20.6. The highest BCUT2D eigenvalue weighted by molar-refractivity contribution is 6.46. The summed E-state index contributed by atoms with van der Waals surface area (Å²) >= 11 is 0. The fraction of sp³-hybridized carbons (Fsp3) is 0.360. The van der Waals surface area contributed by atoms with Gasteiger partial charge in [-0.15, -0.1) is 0 Å². The van der Waals surface area contributed by atoms with Crippen LogP contribution in [0.1, 0.15) is 17.2 Å². The van der Waals surface area contributed by atoms with Crippen LogP contribution in [0.4, 0.5) is 4.39 Å². The van der Waals surface area contributed by atoms with E-state index in [0.717, 1.165) is 13.1 Å². The second-order valence-electron chi connectivity index (χ2n) is 8.07. The molecule has 2 aromatic rings. The molecule has 8 nitrogen and oxygen atoms in total. The van der Waals surface area contributed by atoms with E-state index in [0.29, 0.717) is 36.8 Å². The summed E-state index contributed by atoms with van der Waals surface area (Å²) in [5.41, 5.74) is 0.784. The molecule has 9 heteroatoms. The second kappa shape index (κ2) is 10.2. The molecule has 0 saturated carbocycles. The van der Waals surface area contributed by atoms with E-state index >= 15 is 0 Å². The lowest BCUT2D eigenvalue weighted by atomic mass is 9.95. The van der Waals surface area contributed by atoms with Crippen LogP contribution in [-0.2, 0) is 14.3 Å². The van der Waals surface area contributed by atoms with E-state index < -0.39 is 23.5 Å². The van der Waals surface area contributed by atoms with Gasteiger partial charge in [0.1, 0.15) is 11.6 Å². The average Bonchev–Trinajstić information content (AvgIpc) is 3.12. The zero-order valence-electron chi connectivity index (χ0n) is 19.1. The number of benzene rings is 2. The number of nitrogens with zero attached hydrogens (tertiary/aromatic N) is 2. The minimum absolute atomic E-state index is 0.0502. The molecule has 2 aliphatic rings. The van der Waals surface area contributed by atoms with Gasteiger partial charge in [-0.25, -0.2) is 4.39 Å². The van der Waals surface area contributed by atoms with E-state index in [1.807, 2.05) is 0 Å². The minimum Gasteiger partial charge on any atom is -0.507 e. The number of hydrogen-bond donors (Lipinski definition) is 1. The van der Waals surface area contributed by atoms with Gasteiger partial charge in [-0.05, 0) is 42.0 Å². The molecule has 34 heavy (non-hydrogen) atoms. The Kier molecular flexibility index (Phi) is 7.14. The number of halogens is 1. The van der Waals surface area contributed by atoms with Gasteiger partial charge >= 0.3 is 0 Å². The lowest BCUT2D eigenvalue weighted by Crippen LogP contribution is -2.42. The molecule has 2 fully saturated rings. The monoisotopic (exact) mass is 470 g/mol. The summed E-state index contributed by atoms with van der Waals surface area (Å²) in [6.07, 6.45) is 0. The number of morpholine rings is 1. The van der Waals surface area contributed by atoms with E-state index in [9.17, 15) is 19.1 Å². The van der Waals surface area contributed by atoms with Crippen molar-refractivity contribution in [1.29, 1.82) is 0 Å². The first-order valence-electron chi connectivity index (χ1n) is 11.0. The van der Waals surface area contributed by atoms with Crippen LogP contribution < -0.4 is 9.47 Å². The molecule has 2 aliphatic heterocycles. The number of likely N-dealkylation sites (tertiary alicyclic amines) is 1. The van der Waals surface area contributed by atoms with Gasteiger partial charge in [0, 0.05) is 31.7 Å². The molecule has 1 amide bonds. The first-order valence-corrected chi connectivity index (χ1v) is 11.0. The summed E-state index contributed by atoms with van der Waals surface area (Å²) in [5, 5.41) is 11.1. The zero-order chi connectivity index (χ0) is 24.2. The smallest absolute Gasteiger partial charge is 0.295 e. The molecule has 2 saturated heterocycles. The third kappa shape index (κ3) is 4.62. The highest BCUT2D eigenvalue weighted by atomic mass is 19.1. The second-order valence-corrected chi connectivity index (χ2v) is 8.07. The van der Waals surface area contributed by atoms with Crippen molar-refractivity contribution in [2.45, 2.75) is 6.04 Å². The summed E-state index contributed by atoms with van der Waals surface area (Å²) in [6.45, 7) is 3.53. The summed E-state index contributed by atoms with van der Waals surface area (Å²) in [4.78, 5) is 29.9. The molecule has 0 unspecified atom stereocenters. The summed E-state index contributed by atoms with van der Waals surface area (Å²) in [7, 11) is 3.01. The van der Waals surface area contributed by atoms with Crippen LogP contribution in [0.25, 0.3) is 5.76 Å². The minimum atomic E-state index is -0.842. The molecule has 0 bridgehead atoms. The molecule has 0 aliphatic carbocycles. The van der Waals surface area contributed by atoms with Crippen LogP contribution in [0.15, 0.2) is 48.0 Å². The number of carbonyl (C=O) groups is 2. The number of aliphatic hydroxyl groups excluding tert-OH is 1. The maximum Gasteiger partial charge on any atom is 0.295 e. The molecule has 1 N–H and O–H groups in total. The van der Waals surface area contributed by atoms with E-state index in [1.165, 1.54) is 43.4 Å². The van der Waals surface area contributed by atoms with Crippen molar-refractivity contribution in [2.24, 2.45) is 0 Å². The SMILES string of the molecule is COc1ccc([C@H]2C(=C(O)c3ccc(F)cc3)C(=O)C(=O)N2CCN2CCOCC2)cc1OC. The van der Waals surface area contributed by atoms with Crippen LogP contribution >= 0.6 is 0 Å². The molecule has 0 aromatic heterocycles. The van der Waals surface area contributed by atoms with Gasteiger partial charge in [0.15, 0.2) is 11.5 Å². The van der Waals surface area contributed by atoms with Crippen LogP contribution in [0.2, 0.25) is 0 Å². The molecule has 0 radical (unpaired) electrons. The lowest BCUT2D eigenvalue weighted by Gasteiger charge is -2.31. The Morgan fingerprint density at radius 1 is 1.03 bits per heavy atom. The molecule has 180 valence electrons. The standard InChI is InChI=1S/C25H27FN2O6/c1-32-19-8-5-17(15-20(19)33-2)22-21(23(29)16-3-6-18(26)7-4-16)24(30)25(31)28(22)10-9-27-11-13-34-14-12-27/h3-8,15,22,29H,9-14H2,1-2H3/t22-/m0/s1. The van der Waals surface area contributed by atoms with Crippen LogP contribution in [0, 0.1) is 5.82 Å². The maximum atomic E-state index is 13.4. The Morgan fingerprint density at radius 2 is 1.71 bits per heavy atom. The Balaban J connectivity index is 1.77. The number of Topliss-reactive ketones (excluding diaryl/α,β-unsaturated/α-hetero) is 1. The van der Waals surface area contributed by atoms with Gasteiger partial charge in [0.05, 0.1) is 39.0 Å². The van der Waals surface area contributed by atoms with Crippen molar-refractivity contribution in [2.75, 3.05) is 53.6 Å². The predicted octanol–water partition coefficient (Wildman–Crippen LogP) is 2.60. The van der Waals surface area contributed by atoms with E-state index in [-0.39, 0.29) is 23.4 Å². The first-order chi connectivity index (χ1) is 16.4. The molecular weight excluding hydrogens is 443 g/mol. The Bertz CT molecular complexity index is 1100. The van der Waals surface area contributed by atoms with Gasteiger partial charge in [-0.3, -0.25) is 14.5 Å². The summed E-state index contributed by atoms with van der Waals surface area (Å²) in [6, 6.07) is 9.39. The number of ether oxygens (including phenoxy) is 3. The highest BCUT2D eigenvalue weighted by Gasteiger charge is 2.46. The van der Waals surface area contributed by atoms with Gasteiger partial charge in [-0.2, -0.15) is 0 Å². The number of methoxy groups -OCH3 is 2. The highest BCUT2D eigenvalue weighted by Crippen LogP contribution is 2.41. The fourth-order valence-electron chi connectivity index (χ4n) is 4.32. The third-order valence-corrected chi connectivity index (χ3v) is 6.14. The van der Waals surface area contributed by atoms with E-state index in [2.05, 4.69) is 4.90 Å². The summed E-state index contributed by atoms with van der Waals surface area (Å²) < 4.78 is 29.6. The number of amides is 1. The average molecular weight is 470 g/mol. The molecule has 4 rings (SSSR count). The lowest BCUT2D eigenvalue weighted by molar-refractivity contribution is -0.140. The van der Waals surface area contributed by atoms with Crippen LogP contribution in [0.5, 0.6) is 11.5 Å². The zero-order valence-corrected chi connectivity index (χ0v) is 19.1. The van der Waals surface area contributed by atoms with Gasteiger partial charge in [0.25, 0.3) is 11.7 Å². The number of ketones is 1. The number of carbonyl (C=O) groups excluding carboxylic acids is 2. The van der Waals surface area contributed by atoms with Gasteiger partial charge in [-0.1, -0.05) is 6.07 Å². The Labute approximate surface area is 197 Å². The van der Waals surface area contributed by atoms with Gasteiger partial charge < -0.3 is 24.2 Å². The molecule has 2 heterocycles. The Hall–Kier alpha value is -3.43. The van der Waals surface area contributed by atoms with Crippen LogP contribution in [0.3, 0.4) is 0 Å². The van der Waals surface area contributed by atoms with Crippen LogP contribution in [-0.4, -0.2) is 80.2 Å². The molecular formula is C25H27FN2O6. The number of hydrogen-bond acceptors (Lipinski definition) is 7. The van der Waals surface area contributed by atoms with E-state index in [4.69, 9.17) is 14.2 Å². The first kappa shape index (κ1) is 23.7. The molecule has 1 atom stereocenters. The number of aliphatic hydroxyl groups is 1. The van der Waals surface area contributed by atoms with Crippen molar-refractivity contribution in [1.82, 2.24) is 9.80 Å². The Morgan fingerprint density at radius 3 is 2.35 bits per heavy atom. The third-order valence-electron chi connectivity index (χ3n) is 6.14. The maximum absolute atomic E-state index is 13.4. The van der Waals surface area contributed by atoms with Crippen molar-refractivity contribution < 1.29 is 33.3 Å². The predicted molar refractivity (Wildman–Crippen MR) is 122 cm³/mol. The fourth-order valence-corrected chi connectivity index (χ4v) is 4.32. The topological polar surface area (TPSA) is 88.5 Å². The van der Waals surface area contributed by atoms with E-state index in [1.54, 1.807) is 18.2 Å². The summed E-state index contributed by atoms with van der Waals surface area (Å²) in [5.74, 6) is -1.39. The molecule has 0 spiro atoms. The van der Waals surface area contributed by atoms with Crippen molar-refractivity contribution in [3.05, 3.63) is 65.0 Å². The van der Waals surface area contributed by atoms with Crippen molar-refractivity contribution in [3.63, 3.8) is 0 Å². The van der Waals surface area contributed by atoms with Gasteiger partial charge in [0.2, 0.25) is 0 Å². The van der Waals surface area contributed by atoms with Crippen molar-refractivity contribution in [3.8, 4) is 11.5 Å². The van der Waals surface area contributed by atoms with Crippen molar-refractivity contribution >= 4 is 17.4 Å².